The number of halogens is 4. The third kappa shape index (κ3) is 4.73. The minimum absolute atomic E-state index is 0.127. The van der Waals surface area contributed by atoms with Crippen LogP contribution in [-0.2, 0) is 11.2 Å². The largest absolute Gasteiger partial charge is 0.491 e. The zero-order chi connectivity index (χ0) is 22.9. The second kappa shape index (κ2) is 8.44. The van der Waals surface area contributed by atoms with E-state index in [0.29, 0.717) is 11.0 Å². The van der Waals surface area contributed by atoms with Crippen molar-refractivity contribution in [2.45, 2.75) is 38.8 Å². The zero-order valence-electron chi connectivity index (χ0n) is 17.3. The van der Waals surface area contributed by atoms with E-state index in [1.807, 2.05) is 0 Å². The smallest absolute Gasteiger partial charge is 0.408 e. The van der Waals surface area contributed by atoms with Gasteiger partial charge in [0.05, 0.1) is 24.2 Å². The summed E-state index contributed by atoms with van der Waals surface area (Å²) in [7, 11) is 0.890. The van der Waals surface area contributed by atoms with Crippen molar-refractivity contribution >= 4 is 17.1 Å². The lowest BCUT2D eigenvalue weighted by Crippen LogP contribution is -2.36. The number of H-pyrrole nitrogens is 1. The molecule has 166 valence electrons. The van der Waals surface area contributed by atoms with E-state index in [2.05, 4.69) is 20.0 Å². The number of aromatic nitrogens is 2. The van der Waals surface area contributed by atoms with Gasteiger partial charge in [0.25, 0.3) is 0 Å². The normalized spacial score (nSPS) is 12.6. The van der Waals surface area contributed by atoms with Crippen LogP contribution < -0.4 is 10.1 Å². The SMILES string of the molecule is COc1c(F)c(F)c(CC(NC(=O)OC(C)(C)C)c2nc3ccccc3[nH]2)c(F)c1F. The van der Waals surface area contributed by atoms with E-state index in [4.69, 9.17) is 4.74 Å². The van der Waals surface area contributed by atoms with Gasteiger partial charge in [-0.15, -0.1) is 0 Å². The zero-order valence-corrected chi connectivity index (χ0v) is 17.3. The van der Waals surface area contributed by atoms with Crippen LogP contribution in [0.25, 0.3) is 11.0 Å². The molecule has 2 aromatic carbocycles. The second-order valence-electron chi connectivity index (χ2n) is 7.81. The van der Waals surface area contributed by atoms with E-state index in [9.17, 15) is 22.4 Å². The number of carbonyl (C=O) groups is 1. The van der Waals surface area contributed by atoms with Crippen molar-refractivity contribution in [3.8, 4) is 5.75 Å². The number of nitrogens with zero attached hydrogens (tertiary/aromatic N) is 1. The van der Waals surface area contributed by atoms with Crippen molar-refractivity contribution in [3.63, 3.8) is 0 Å². The Hall–Kier alpha value is -3.30. The van der Waals surface area contributed by atoms with Gasteiger partial charge in [-0.2, -0.15) is 8.78 Å². The van der Waals surface area contributed by atoms with Crippen LogP contribution in [0.3, 0.4) is 0 Å². The highest BCUT2D eigenvalue weighted by atomic mass is 19.2. The van der Waals surface area contributed by atoms with Gasteiger partial charge in [0.15, 0.2) is 17.4 Å². The Morgan fingerprint density at radius 1 is 1.10 bits per heavy atom. The van der Waals surface area contributed by atoms with Gasteiger partial charge in [-0.1, -0.05) is 12.1 Å². The average molecular weight is 439 g/mol. The van der Waals surface area contributed by atoms with Gasteiger partial charge in [0.2, 0.25) is 11.6 Å². The highest BCUT2D eigenvalue weighted by Gasteiger charge is 2.30. The molecule has 1 amide bonds. The molecule has 0 spiro atoms. The maximum atomic E-state index is 14.5. The third-order valence-corrected chi connectivity index (χ3v) is 4.36. The molecule has 0 saturated carbocycles. The number of fused-ring (bicyclic) bond motifs is 1. The maximum absolute atomic E-state index is 14.5. The quantitative estimate of drug-likeness (QED) is 0.436. The molecule has 3 aromatic rings. The number of ether oxygens (including phenoxy) is 2. The van der Waals surface area contributed by atoms with Crippen LogP contribution in [0.1, 0.15) is 38.2 Å². The Morgan fingerprint density at radius 3 is 2.26 bits per heavy atom. The van der Waals surface area contributed by atoms with Crippen LogP contribution in [0.5, 0.6) is 5.75 Å². The summed E-state index contributed by atoms with van der Waals surface area (Å²) in [5.74, 6) is -7.62. The summed E-state index contributed by atoms with van der Waals surface area (Å²) in [5.41, 5.74) is -0.627. The fourth-order valence-corrected chi connectivity index (χ4v) is 3.02. The molecule has 6 nitrogen and oxygen atoms in total. The summed E-state index contributed by atoms with van der Waals surface area (Å²) in [6.07, 6.45) is -1.54. The molecule has 3 rings (SSSR count). The molecule has 0 aliphatic rings. The van der Waals surface area contributed by atoms with Crippen molar-refractivity contribution in [2.24, 2.45) is 0 Å². The lowest BCUT2D eigenvalue weighted by Gasteiger charge is -2.23. The van der Waals surface area contributed by atoms with Gasteiger partial charge in [-0.05, 0) is 32.9 Å². The van der Waals surface area contributed by atoms with Crippen LogP contribution in [0, 0.1) is 23.3 Å². The first-order valence-electron chi connectivity index (χ1n) is 9.34. The van der Waals surface area contributed by atoms with Gasteiger partial charge in [0, 0.05) is 12.0 Å². The van der Waals surface area contributed by atoms with Gasteiger partial charge in [-0.25, -0.2) is 18.6 Å². The molecule has 0 saturated heterocycles. The standard InChI is InChI=1S/C21H21F4N3O3/c1-21(2,3)31-20(29)28-13(19-26-11-7-5-6-8-12(11)27-19)9-10-14(22)16(24)18(30-4)17(25)15(10)23/h5-8,13H,9H2,1-4H3,(H,26,27)(H,28,29). The monoisotopic (exact) mass is 439 g/mol. The first-order valence-corrected chi connectivity index (χ1v) is 9.34. The van der Waals surface area contributed by atoms with E-state index in [1.54, 1.807) is 45.0 Å². The summed E-state index contributed by atoms with van der Waals surface area (Å²) in [6, 6.07) is 5.70. The van der Waals surface area contributed by atoms with E-state index in [0.717, 1.165) is 7.11 Å². The summed E-state index contributed by atoms with van der Waals surface area (Å²) in [5, 5.41) is 2.46. The molecule has 0 radical (unpaired) electrons. The molecule has 1 unspecified atom stereocenters. The van der Waals surface area contributed by atoms with Crippen LogP contribution in [0.4, 0.5) is 22.4 Å². The lowest BCUT2D eigenvalue weighted by atomic mass is 10.0. The Bertz CT molecular complexity index is 1060. The fraction of sp³-hybridized carbons (Fsp3) is 0.333. The molecule has 1 aromatic heterocycles. The molecule has 2 N–H and O–H groups in total. The number of amides is 1. The van der Waals surface area contributed by atoms with Crippen LogP contribution in [0.2, 0.25) is 0 Å². The van der Waals surface area contributed by atoms with Gasteiger partial charge in [0.1, 0.15) is 11.4 Å². The molecule has 0 fully saturated rings. The molecule has 0 aliphatic heterocycles. The molecular weight excluding hydrogens is 418 g/mol. The molecule has 0 aliphatic carbocycles. The topological polar surface area (TPSA) is 76.2 Å². The van der Waals surface area contributed by atoms with Crippen molar-refractivity contribution in [1.29, 1.82) is 0 Å². The molecular formula is C21H21F4N3O3. The molecule has 10 heteroatoms. The summed E-state index contributed by atoms with van der Waals surface area (Å²) >= 11 is 0. The average Bonchev–Trinajstić information content (AvgIpc) is 3.12. The Labute approximate surface area is 175 Å². The molecule has 0 bridgehead atoms. The van der Waals surface area contributed by atoms with Crippen LogP contribution in [0.15, 0.2) is 24.3 Å². The number of benzene rings is 2. The first-order chi connectivity index (χ1) is 14.5. The third-order valence-electron chi connectivity index (χ3n) is 4.36. The number of aromatic amines is 1. The first kappa shape index (κ1) is 22.4. The lowest BCUT2D eigenvalue weighted by molar-refractivity contribution is 0.0500. The predicted octanol–water partition coefficient (Wildman–Crippen LogP) is 4.94. The van der Waals surface area contributed by atoms with E-state index >= 15 is 0 Å². The van der Waals surface area contributed by atoms with Crippen LogP contribution >= 0.6 is 0 Å². The van der Waals surface area contributed by atoms with Crippen molar-refractivity contribution in [1.82, 2.24) is 15.3 Å². The Kier molecular flexibility index (Phi) is 6.10. The van der Waals surface area contributed by atoms with Gasteiger partial charge < -0.3 is 19.8 Å². The number of hydrogen-bond acceptors (Lipinski definition) is 4. The summed E-state index contributed by atoms with van der Waals surface area (Å²) < 4.78 is 67.0. The Balaban J connectivity index is 2.04. The maximum Gasteiger partial charge on any atom is 0.408 e. The van der Waals surface area contributed by atoms with E-state index < -0.39 is 58.7 Å². The number of para-hydroxylation sites is 2. The summed E-state index contributed by atoms with van der Waals surface area (Å²) in [4.78, 5) is 19.6. The molecule has 1 atom stereocenters. The van der Waals surface area contributed by atoms with Gasteiger partial charge in [-0.3, -0.25) is 0 Å². The predicted molar refractivity (Wildman–Crippen MR) is 105 cm³/mol. The number of alkyl carbamates (subject to hydrolysis) is 1. The fourth-order valence-electron chi connectivity index (χ4n) is 3.02. The molecule has 1 heterocycles. The minimum Gasteiger partial charge on any atom is -0.491 e. The van der Waals surface area contributed by atoms with E-state index in [-0.39, 0.29) is 5.82 Å². The highest BCUT2D eigenvalue weighted by Crippen LogP contribution is 2.32. The molecule has 31 heavy (non-hydrogen) atoms. The second-order valence-corrected chi connectivity index (χ2v) is 7.81. The number of rotatable bonds is 5. The number of nitrogens with one attached hydrogen (secondary N) is 2. The minimum atomic E-state index is -1.67. The van der Waals surface area contributed by atoms with Crippen molar-refractivity contribution in [2.75, 3.05) is 7.11 Å². The van der Waals surface area contributed by atoms with E-state index in [1.165, 1.54) is 0 Å². The van der Waals surface area contributed by atoms with Crippen molar-refractivity contribution < 1.29 is 31.8 Å². The number of carbonyl (C=O) groups excluding carboxylic acids is 1. The number of imidazole rings is 1. The number of methoxy groups -OCH3 is 1. The number of hydrogen-bond donors (Lipinski definition) is 2. The van der Waals surface area contributed by atoms with Gasteiger partial charge >= 0.3 is 6.09 Å². The van der Waals surface area contributed by atoms with Crippen LogP contribution in [-0.4, -0.2) is 28.8 Å². The van der Waals surface area contributed by atoms with Crippen molar-refractivity contribution in [3.05, 3.63) is 58.9 Å². The summed E-state index contributed by atoms with van der Waals surface area (Å²) in [6.45, 7) is 4.91. The Morgan fingerprint density at radius 2 is 1.71 bits per heavy atom. The highest BCUT2D eigenvalue weighted by molar-refractivity contribution is 5.75.